The Bertz CT molecular complexity index is 878. The van der Waals surface area contributed by atoms with Gasteiger partial charge in [-0.15, -0.1) is 0 Å². The first-order valence-corrected chi connectivity index (χ1v) is 8.12. The van der Waals surface area contributed by atoms with Crippen molar-refractivity contribution in [2.45, 2.75) is 0 Å². The molecular weight excluding hydrogens is 354 g/mol. The van der Waals surface area contributed by atoms with Gasteiger partial charge in [-0.1, -0.05) is 12.1 Å². The van der Waals surface area contributed by atoms with E-state index in [9.17, 15) is 14.4 Å². The van der Waals surface area contributed by atoms with Crippen molar-refractivity contribution >= 4 is 17.8 Å². The lowest BCUT2D eigenvalue weighted by atomic mass is 10.2. The van der Waals surface area contributed by atoms with Gasteiger partial charge in [0.25, 0.3) is 11.8 Å². The highest BCUT2D eigenvalue weighted by molar-refractivity contribution is 6.07. The third-order valence-electron chi connectivity index (χ3n) is 3.72. The van der Waals surface area contributed by atoms with Crippen molar-refractivity contribution in [1.29, 1.82) is 0 Å². The Kier molecular flexibility index (Phi) is 5.55. The van der Waals surface area contributed by atoms with Crippen molar-refractivity contribution in [2.75, 3.05) is 26.9 Å². The number of benzene rings is 2. The molecule has 8 heteroatoms. The van der Waals surface area contributed by atoms with E-state index in [2.05, 4.69) is 5.32 Å². The van der Waals surface area contributed by atoms with Crippen molar-refractivity contribution in [3.8, 4) is 17.2 Å². The molecule has 0 atom stereocenters. The normalized spacial score (nSPS) is 12.0. The number of nitrogens with one attached hydrogen (secondary N) is 1. The van der Waals surface area contributed by atoms with Crippen molar-refractivity contribution in [3.63, 3.8) is 0 Å². The molecule has 0 saturated carbocycles. The van der Waals surface area contributed by atoms with Gasteiger partial charge in [-0.05, 0) is 30.3 Å². The van der Waals surface area contributed by atoms with E-state index in [4.69, 9.17) is 18.9 Å². The summed E-state index contributed by atoms with van der Waals surface area (Å²) in [5.74, 6) is -0.808. The molecule has 3 rings (SSSR count). The zero-order valence-electron chi connectivity index (χ0n) is 14.5. The van der Waals surface area contributed by atoms with Gasteiger partial charge in [0.15, 0.2) is 18.1 Å². The Balaban J connectivity index is 1.56. The van der Waals surface area contributed by atoms with Crippen LogP contribution in [-0.2, 0) is 9.53 Å². The third kappa shape index (κ3) is 4.35. The van der Waals surface area contributed by atoms with Crippen LogP contribution in [0.2, 0.25) is 0 Å². The van der Waals surface area contributed by atoms with Gasteiger partial charge in [-0.25, -0.2) is 4.79 Å². The van der Waals surface area contributed by atoms with Crippen LogP contribution in [0.1, 0.15) is 20.7 Å². The first-order valence-electron chi connectivity index (χ1n) is 8.12. The number of ether oxygens (including phenoxy) is 4. The topological polar surface area (TPSA) is 100 Å². The number of para-hydroxylation sites is 1. The second-order valence-corrected chi connectivity index (χ2v) is 5.51. The van der Waals surface area contributed by atoms with E-state index < -0.39 is 24.4 Å². The van der Waals surface area contributed by atoms with Crippen LogP contribution in [-0.4, -0.2) is 44.7 Å². The molecule has 1 aliphatic rings. The molecule has 0 bridgehead atoms. The second kappa shape index (κ2) is 8.22. The van der Waals surface area contributed by atoms with Crippen LogP contribution >= 0.6 is 0 Å². The highest BCUT2D eigenvalue weighted by atomic mass is 16.6. The molecule has 1 N–H and O–H groups in total. The molecule has 27 heavy (non-hydrogen) atoms. The van der Waals surface area contributed by atoms with Gasteiger partial charge in [0.1, 0.15) is 19.0 Å². The Hall–Kier alpha value is -3.55. The Morgan fingerprint density at radius 1 is 1.04 bits per heavy atom. The van der Waals surface area contributed by atoms with Crippen molar-refractivity contribution in [1.82, 2.24) is 5.32 Å². The fraction of sp³-hybridized carbons (Fsp3) is 0.211. The summed E-state index contributed by atoms with van der Waals surface area (Å²) >= 11 is 0. The van der Waals surface area contributed by atoms with E-state index >= 15 is 0 Å². The zero-order chi connectivity index (χ0) is 19.2. The smallest absolute Gasteiger partial charge is 0.338 e. The van der Waals surface area contributed by atoms with Gasteiger partial charge in [-0.2, -0.15) is 0 Å². The van der Waals surface area contributed by atoms with Crippen molar-refractivity contribution in [2.24, 2.45) is 0 Å². The average Bonchev–Trinajstić information content (AvgIpc) is 2.71. The lowest BCUT2D eigenvalue weighted by Gasteiger charge is -2.18. The van der Waals surface area contributed by atoms with Gasteiger partial charge >= 0.3 is 5.97 Å². The quantitative estimate of drug-likeness (QED) is 0.797. The average molecular weight is 371 g/mol. The summed E-state index contributed by atoms with van der Waals surface area (Å²) in [6, 6.07) is 11.0. The molecule has 2 aromatic carbocycles. The molecule has 1 heterocycles. The molecular formula is C19H17NO7. The molecule has 0 radical (unpaired) electrons. The Labute approximate surface area is 155 Å². The summed E-state index contributed by atoms with van der Waals surface area (Å²) in [4.78, 5) is 36.1. The lowest BCUT2D eigenvalue weighted by Crippen LogP contribution is -2.34. The van der Waals surface area contributed by atoms with Crippen LogP contribution in [0.15, 0.2) is 42.5 Å². The fourth-order valence-corrected chi connectivity index (χ4v) is 2.45. The predicted molar refractivity (Wildman–Crippen MR) is 93.2 cm³/mol. The number of amides is 2. The maximum atomic E-state index is 12.1. The van der Waals surface area contributed by atoms with Crippen LogP contribution in [0.3, 0.4) is 0 Å². The van der Waals surface area contributed by atoms with E-state index in [1.165, 1.54) is 25.3 Å². The molecule has 0 saturated heterocycles. The van der Waals surface area contributed by atoms with Crippen LogP contribution in [0.4, 0.5) is 0 Å². The van der Waals surface area contributed by atoms with E-state index in [-0.39, 0.29) is 11.1 Å². The van der Waals surface area contributed by atoms with Crippen molar-refractivity contribution < 1.29 is 33.3 Å². The summed E-state index contributed by atoms with van der Waals surface area (Å²) in [5, 5.41) is 2.15. The minimum absolute atomic E-state index is 0.200. The summed E-state index contributed by atoms with van der Waals surface area (Å²) in [6.45, 7) is 0.227. The monoisotopic (exact) mass is 371 g/mol. The number of hydrogen-bond donors (Lipinski definition) is 1. The van der Waals surface area contributed by atoms with Crippen LogP contribution in [0.5, 0.6) is 17.2 Å². The standard InChI is InChI=1S/C19H17NO7/c1-24-14-5-3-2-4-13(14)18(22)20-17(21)11-27-19(23)12-6-7-15-16(10-12)26-9-8-25-15/h2-7,10H,8-9,11H2,1H3,(H,20,21,22). The van der Waals surface area contributed by atoms with Gasteiger partial charge < -0.3 is 18.9 Å². The third-order valence-corrected chi connectivity index (χ3v) is 3.72. The molecule has 2 amide bonds. The van der Waals surface area contributed by atoms with Crippen molar-refractivity contribution in [3.05, 3.63) is 53.6 Å². The van der Waals surface area contributed by atoms with E-state index in [1.54, 1.807) is 24.3 Å². The summed E-state index contributed by atoms with van der Waals surface area (Å²) in [6.07, 6.45) is 0. The molecule has 0 aliphatic carbocycles. The van der Waals surface area contributed by atoms with Gasteiger partial charge in [-0.3, -0.25) is 14.9 Å². The maximum Gasteiger partial charge on any atom is 0.338 e. The van der Waals surface area contributed by atoms with Gasteiger partial charge in [0.2, 0.25) is 0 Å². The Morgan fingerprint density at radius 2 is 1.78 bits per heavy atom. The minimum Gasteiger partial charge on any atom is -0.496 e. The fourth-order valence-electron chi connectivity index (χ4n) is 2.45. The Morgan fingerprint density at radius 3 is 2.56 bits per heavy atom. The molecule has 8 nitrogen and oxygen atoms in total. The number of carbonyl (C=O) groups excluding carboxylic acids is 3. The number of rotatable bonds is 5. The first-order chi connectivity index (χ1) is 13.1. The van der Waals surface area contributed by atoms with Gasteiger partial charge in [0.05, 0.1) is 18.2 Å². The molecule has 2 aromatic rings. The molecule has 0 unspecified atom stereocenters. The number of methoxy groups -OCH3 is 1. The summed E-state index contributed by atoms with van der Waals surface area (Å²) < 4.78 is 20.8. The summed E-state index contributed by atoms with van der Waals surface area (Å²) in [5.41, 5.74) is 0.412. The second-order valence-electron chi connectivity index (χ2n) is 5.51. The lowest BCUT2D eigenvalue weighted by molar-refractivity contribution is -0.123. The highest BCUT2D eigenvalue weighted by Crippen LogP contribution is 2.30. The van der Waals surface area contributed by atoms with Crippen LogP contribution in [0.25, 0.3) is 0 Å². The van der Waals surface area contributed by atoms with Crippen LogP contribution in [0, 0.1) is 0 Å². The maximum absolute atomic E-state index is 12.1. The largest absolute Gasteiger partial charge is 0.496 e. The van der Waals surface area contributed by atoms with E-state index in [1.807, 2.05) is 0 Å². The first kappa shape index (κ1) is 18.2. The number of imide groups is 1. The molecule has 1 aliphatic heterocycles. The number of fused-ring (bicyclic) bond motifs is 1. The number of esters is 1. The number of carbonyl (C=O) groups is 3. The summed E-state index contributed by atoms with van der Waals surface area (Å²) in [7, 11) is 1.42. The molecule has 0 aromatic heterocycles. The SMILES string of the molecule is COc1ccccc1C(=O)NC(=O)COC(=O)c1ccc2c(c1)OCCO2. The predicted octanol–water partition coefficient (Wildman–Crippen LogP) is 1.58. The number of hydrogen-bond acceptors (Lipinski definition) is 7. The van der Waals surface area contributed by atoms with E-state index in [0.29, 0.717) is 30.5 Å². The zero-order valence-corrected chi connectivity index (χ0v) is 14.5. The highest BCUT2D eigenvalue weighted by Gasteiger charge is 2.18. The van der Waals surface area contributed by atoms with E-state index in [0.717, 1.165) is 0 Å². The molecule has 0 spiro atoms. The molecule has 140 valence electrons. The van der Waals surface area contributed by atoms with Crippen LogP contribution < -0.4 is 19.5 Å². The minimum atomic E-state index is -0.753. The van der Waals surface area contributed by atoms with Gasteiger partial charge in [0, 0.05) is 0 Å². The molecule has 0 fully saturated rings.